The molecular weight excluding hydrogens is 310 g/mol. The second-order valence-corrected chi connectivity index (χ2v) is 4.90. The number of hydrogen-bond donors (Lipinski definition) is 1. The van der Waals surface area contributed by atoms with Crippen LogP contribution in [0.25, 0.3) is 0 Å². The number of hydrogen-bond acceptors (Lipinski definition) is 6. The Morgan fingerprint density at radius 2 is 2.00 bits per heavy atom. The third-order valence-electron chi connectivity index (χ3n) is 3.16. The molecular formula is C17H19N3O4. The zero-order valence-corrected chi connectivity index (χ0v) is 13.6. The first-order chi connectivity index (χ1) is 11.7. The van der Waals surface area contributed by atoms with Crippen LogP contribution in [0.5, 0.6) is 11.5 Å². The summed E-state index contributed by atoms with van der Waals surface area (Å²) in [4.78, 5) is 10.2. The quantitative estimate of drug-likeness (QED) is 0.452. The largest absolute Gasteiger partial charge is 0.493 e. The smallest absolute Gasteiger partial charge is 0.269 e. The van der Waals surface area contributed by atoms with Crippen LogP contribution in [-0.2, 0) is 0 Å². The molecule has 0 unspecified atom stereocenters. The van der Waals surface area contributed by atoms with Crippen molar-refractivity contribution < 1.29 is 14.4 Å². The SMILES string of the molecule is CCCOc1c(/C=N/Nc2ccc([N+](=O)[O-])cc2)cccc1OC. The number of benzene rings is 2. The van der Waals surface area contributed by atoms with Crippen molar-refractivity contribution in [2.45, 2.75) is 13.3 Å². The highest BCUT2D eigenvalue weighted by atomic mass is 16.6. The molecule has 0 amide bonds. The van der Waals surface area contributed by atoms with Gasteiger partial charge in [-0.15, -0.1) is 0 Å². The van der Waals surface area contributed by atoms with Crippen LogP contribution < -0.4 is 14.9 Å². The number of non-ortho nitro benzene ring substituents is 1. The van der Waals surface area contributed by atoms with Crippen LogP contribution in [0.4, 0.5) is 11.4 Å². The lowest BCUT2D eigenvalue weighted by Gasteiger charge is -2.12. The average Bonchev–Trinajstić information content (AvgIpc) is 2.60. The monoisotopic (exact) mass is 329 g/mol. The van der Waals surface area contributed by atoms with E-state index in [0.29, 0.717) is 23.8 Å². The molecule has 2 rings (SSSR count). The number of anilines is 1. The van der Waals surface area contributed by atoms with Crippen molar-refractivity contribution in [1.82, 2.24) is 0 Å². The maximum Gasteiger partial charge on any atom is 0.269 e. The predicted molar refractivity (Wildman–Crippen MR) is 93.1 cm³/mol. The van der Waals surface area contributed by atoms with Crippen LogP contribution in [-0.4, -0.2) is 24.9 Å². The number of para-hydroxylation sites is 1. The van der Waals surface area contributed by atoms with E-state index in [1.807, 2.05) is 25.1 Å². The molecule has 0 aliphatic carbocycles. The lowest BCUT2D eigenvalue weighted by molar-refractivity contribution is -0.384. The van der Waals surface area contributed by atoms with Crippen LogP contribution in [0.15, 0.2) is 47.6 Å². The number of hydrazone groups is 1. The molecule has 2 aromatic rings. The molecule has 0 heterocycles. The number of nitro benzene ring substituents is 1. The second-order valence-electron chi connectivity index (χ2n) is 4.90. The van der Waals surface area contributed by atoms with Gasteiger partial charge in [0, 0.05) is 17.7 Å². The molecule has 0 radical (unpaired) electrons. The summed E-state index contributed by atoms with van der Waals surface area (Å²) >= 11 is 0. The van der Waals surface area contributed by atoms with Gasteiger partial charge in [-0.1, -0.05) is 13.0 Å². The molecule has 1 N–H and O–H groups in total. The van der Waals surface area contributed by atoms with Crippen LogP contribution >= 0.6 is 0 Å². The molecule has 0 aromatic heterocycles. The molecule has 0 atom stereocenters. The minimum absolute atomic E-state index is 0.0348. The molecule has 7 nitrogen and oxygen atoms in total. The van der Waals surface area contributed by atoms with Crippen molar-refractivity contribution in [3.8, 4) is 11.5 Å². The van der Waals surface area contributed by atoms with Gasteiger partial charge in [0.1, 0.15) is 0 Å². The summed E-state index contributed by atoms with van der Waals surface area (Å²) in [5.74, 6) is 1.28. The summed E-state index contributed by atoms with van der Waals surface area (Å²) in [6.45, 7) is 2.61. The molecule has 126 valence electrons. The topological polar surface area (TPSA) is 86.0 Å². The third kappa shape index (κ3) is 4.45. The molecule has 7 heteroatoms. The third-order valence-corrected chi connectivity index (χ3v) is 3.16. The molecule has 0 fully saturated rings. The van der Waals surface area contributed by atoms with E-state index in [9.17, 15) is 10.1 Å². The predicted octanol–water partition coefficient (Wildman–Crippen LogP) is 3.84. The highest BCUT2D eigenvalue weighted by Gasteiger charge is 2.09. The first kappa shape index (κ1) is 17.3. The minimum atomic E-state index is -0.444. The molecule has 0 saturated heterocycles. The summed E-state index contributed by atoms with van der Waals surface area (Å²) in [7, 11) is 1.59. The Morgan fingerprint density at radius 3 is 2.62 bits per heavy atom. The van der Waals surface area contributed by atoms with Crippen LogP contribution in [0.2, 0.25) is 0 Å². The first-order valence-corrected chi connectivity index (χ1v) is 7.49. The number of nitrogens with one attached hydrogen (secondary N) is 1. The van der Waals surface area contributed by atoms with Gasteiger partial charge >= 0.3 is 0 Å². The van der Waals surface area contributed by atoms with Crippen LogP contribution in [0.3, 0.4) is 0 Å². The van der Waals surface area contributed by atoms with E-state index >= 15 is 0 Å². The Balaban J connectivity index is 2.11. The van der Waals surface area contributed by atoms with Crippen LogP contribution in [0.1, 0.15) is 18.9 Å². The maximum absolute atomic E-state index is 10.6. The van der Waals surface area contributed by atoms with E-state index in [-0.39, 0.29) is 5.69 Å². The molecule has 0 aliphatic heterocycles. The number of nitrogens with zero attached hydrogens (tertiary/aromatic N) is 2. The van der Waals surface area contributed by atoms with Gasteiger partial charge in [0.15, 0.2) is 11.5 Å². The van der Waals surface area contributed by atoms with Gasteiger partial charge in [0.2, 0.25) is 0 Å². The van der Waals surface area contributed by atoms with Gasteiger partial charge in [-0.25, -0.2) is 0 Å². The van der Waals surface area contributed by atoms with Gasteiger partial charge in [-0.05, 0) is 30.7 Å². The first-order valence-electron chi connectivity index (χ1n) is 7.49. The summed E-state index contributed by atoms with van der Waals surface area (Å²) in [5.41, 5.74) is 4.29. The lowest BCUT2D eigenvalue weighted by Crippen LogP contribution is -2.01. The maximum atomic E-state index is 10.6. The number of ether oxygens (including phenoxy) is 2. The van der Waals surface area contributed by atoms with Crippen molar-refractivity contribution in [3.05, 3.63) is 58.1 Å². The van der Waals surface area contributed by atoms with Gasteiger partial charge < -0.3 is 9.47 Å². The van der Waals surface area contributed by atoms with Crippen molar-refractivity contribution in [1.29, 1.82) is 0 Å². The number of methoxy groups -OCH3 is 1. The van der Waals surface area contributed by atoms with E-state index in [1.165, 1.54) is 12.1 Å². The Morgan fingerprint density at radius 1 is 1.25 bits per heavy atom. The fourth-order valence-electron chi connectivity index (χ4n) is 1.99. The zero-order valence-electron chi connectivity index (χ0n) is 13.6. The summed E-state index contributed by atoms with van der Waals surface area (Å²) in [5, 5.41) is 14.8. The zero-order chi connectivity index (χ0) is 17.4. The van der Waals surface area contributed by atoms with E-state index in [2.05, 4.69) is 10.5 Å². The summed E-state index contributed by atoms with van der Waals surface area (Å²) < 4.78 is 11.0. The summed E-state index contributed by atoms with van der Waals surface area (Å²) in [6.07, 6.45) is 2.50. The number of rotatable bonds is 8. The molecule has 0 spiro atoms. The Kier molecular flexibility index (Phi) is 6.13. The highest BCUT2D eigenvalue weighted by Crippen LogP contribution is 2.30. The normalized spacial score (nSPS) is 10.6. The fourth-order valence-corrected chi connectivity index (χ4v) is 1.99. The van der Waals surface area contributed by atoms with E-state index in [4.69, 9.17) is 9.47 Å². The molecule has 0 aliphatic rings. The van der Waals surface area contributed by atoms with Gasteiger partial charge in [0.05, 0.1) is 30.5 Å². The van der Waals surface area contributed by atoms with E-state index < -0.39 is 4.92 Å². The van der Waals surface area contributed by atoms with Crippen molar-refractivity contribution in [3.63, 3.8) is 0 Å². The second kappa shape index (κ2) is 8.52. The molecule has 2 aromatic carbocycles. The van der Waals surface area contributed by atoms with Crippen LogP contribution in [0, 0.1) is 10.1 Å². The molecule has 0 bridgehead atoms. The minimum Gasteiger partial charge on any atom is -0.493 e. The fraction of sp³-hybridized carbons (Fsp3) is 0.235. The Hall–Kier alpha value is -3.09. The lowest BCUT2D eigenvalue weighted by atomic mass is 10.2. The average molecular weight is 329 g/mol. The van der Waals surface area contributed by atoms with E-state index in [1.54, 1.807) is 25.5 Å². The highest BCUT2D eigenvalue weighted by molar-refractivity contribution is 5.85. The summed E-state index contributed by atoms with van der Waals surface area (Å²) in [6, 6.07) is 11.6. The Bertz CT molecular complexity index is 714. The standard InChI is InChI=1S/C17H19N3O4/c1-3-11-24-17-13(5-4-6-16(17)23-2)12-18-19-14-7-9-15(10-8-14)20(21)22/h4-10,12,19H,3,11H2,1-2H3/b18-12+. The Labute approximate surface area is 140 Å². The van der Waals surface area contributed by atoms with Gasteiger partial charge in [-0.2, -0.15) is 5.10 Å². The molecule has 0 saturated carbocycles. The van der Waals surface area contributed by atoms with Crippen molar-refractivity contribution >= 4 is 17.6 Å². The van der Waals surface area contributed by atoms with E-state index in [0.717, 1.165) is 12.0 Å². The van der Waals surface area contributed by atoms with Crippen molar-refractivity contribution in [2.24, 2.45) is 5.10 Å². The van der Waals surface area contributed by atoms with Crippen molar-refractivity contribution in [2.75, 3.05) is 19.1 Å². The van der Waals surface area contributed by atoms with Gasteiger partial charge in [-0.3, -0.25) is 15.5 Å². The molecule has 24 heavy (non-hydrogen) atoms. The number of nitro groups is 1. The van der Waals surface area contributed by atoms with Gasteiger partial charge in [0.25, 0.3) is 5.69 Å².